The van der Waals surface area contributed by atoms with Gasteiger partial charge in [0.25, 0.3) is 0 Å². The van der Waals surface area contributed by atoms with Crippen molar-refractivity contribution in [3.8, 4) is 11.5 Å². The molecule has 0 aliphatic carbocycles. The van der Waals surface area contributed by atoms with E-state index in [1.54, 1.807) is 51.2 Å². The lowest BCUT2D eigenvalue weighted by Crippen LogP contribution is -2.44. The number of amides is 1. The molecular weight excluding hydrogens is 597 g/mol. The number of carboxylic acid groups (broad SMARTS) is 1. The van der Waals surface area contributed by atoms with Crippen LogP contribution in [0.2, 0.25) is 0 Å². The molecule has 2 heterocycles. The maximum absolute atomic E-state index is 12.0. The van der Waals surface area contributed by atoms with Gasteiger partial charge in [0.15, 0.2) is 0 Å². The molecule has 2 aromatic heterocycles. The highest BCUT2D eigenvalue weighted by atomic mass is 127. The van der Waals surface area contributed by atoms with Crippen LogP contribution in [0.5, 0.6) is 11.5 Å². The van der Waals surface area contributed by atoms with E-state index < -0.39 is 23.7 Å². The fourth-order valence-electron chi connectivity index (χ4n) is 3.94. The Kier molecular flexibility index (Phi) is 8.25. The van der Waals surface area contributed by atoms with Gasteiger partial charge in [-0.15, -0.1) is 0 Å². The molecule has 2 N–H and O–H groups in total. The lowest BCUT2D eigenvalue weighted by molar-refractivity contribution is -0.139. The largest absolute Gasteiger partial charge is 0.480 e. The average molecular weight is 627 g/mol. The summed E-state index contributed by atoms with van der Waals surface area (Å²) in [4.78, 5) is 28.4. The SMILES string of the molecule is Cc1ccc(Cn2cc(I)c3c(Oc4ccc(C[C@H](NC(=O)OC(C)(C)C)C(=O)O)cc4)ccnc32)cc1. The summed E-state index contributed by atoms with van der Waals surface area (Å²) in [7, 11) is 0. The number of halogens is 1. The molecule has 4 aromatic rings. The Morgan fingerprint density at radius 3 is 2.34 bits per heavy atom. The number of alkyl carbamates (subject to hydrolysis) is 1. The normalized spacial score (nSPS) is 12.2. The van der Waals surface area contributed by atoms with Gasteiger partial charge in [0, 0.05) is 28.9 Å². The molecule has 0 fully saturated rings. The number of aliphatic carboxylic acids is 1. The third-order valence-electron chi connectivity index (χ3n) is 5.73. The number of rotatable bonds is 8. The molecule has 4 rings (SSSR count). The van der Waals surface area contributed by atoms with Gasteiger partial charge in [0.2, 0.25) is 0 Å². The van der Waals surface area contributed by atoms with Crippen LogP contribution >= 0.6 is 22.6 Å². The van der Waals surface area contributed by atoms with Crippen LogP contribution in [-0.4, -0.2) is 38.4 Å². The summed E-state index contributed by atoms with van der Waals surface area (Å²) in [6.07, 6.45) is 3.13. The first kappa shape index (κ1) is 27.4. The maximum atomic E-state index is 12.0. The number of hydrogen-bond donors (Lipinski definition) is 2. The van der Waals surface area contributed by atoms with Gasteiger partial charge in [0.1, 0.15) is 28.8 Å². The fourth-order valence-corrected chi connectivity index (χ4v) is 4.78. The van der Waals surface area contributed by atoms with E-state index in [1.165, 1.54) is 11.1 Å². The molecule has 9 heteroatoms. The summed E-state index contributed by atoms with van der Waals surface area (Å²) in [6, 6.07) is 16.3. The first-order chi connectivity index (χ1) is 18.0. The summed E-state index contributed by atoms with van der Waals surface area (Å²) >= 11 is 2.30. The minimum absolute atomic E-state index is 0.105. The van der Waals surface area contributed by atoms with Crippen LogP contribution in [0.25, 0.3) is 11.0 Å². The predicted molar refractivity (Wildman–Crippen MR) is 154 cm³/mol. The van der Waals surface area contributed by atoms with E-state index in [9.17, 15) is 14.7 Å². The zero-order chi connectivity index (χ0) is 27.4. The number of carbonyl (C=O) groups excluding carboxylic acids is 1. The number of aryl methyl sites for hydroxylation is 1. The molecule has 38 heavy (non-hydrogen) atoms. The molecule has 198 valence electrons. The van der Waals surface area contributed by atoms with Crippen LogP contribution in [0.1, 0.15) is 37.5 Å². The van der Waals surface area contributed by atoms with Gasteiger partial charge in [0.05, 0.1) is 5.39 Å². The van der Waals surface area contributed by atoms with Crippen molar-refractivity contribution in [1.29, 1.82) is 0 Å². The Morgan fingerprint density at radius 2 is 1.71 bits per heavy atom. The van der Waals surface area contributed by atoms with Gasteiger partial charge in [-0.2, -0.15) is 0 Å². The van der Waals surface area contributed by atoms with Gasteiger partial charge in [-0.3, -0.25) is 0 Å². The van der Waals surface area contributed by atoms with Crippen LogP contribution in [0.15, 0.2) is 67.0 Å². The molecule has 0 aliphatic heterocycles. The number of pyridine rings is 1. The third-order valence-corrected chi connectivity index (χ3v) is 6.54. The standard InChI is InChI=1S/C29H30IN3O5/c1-18-5-7-20(8-6-18)16-33-17-22(30)25-24(13-14-31-26(25)33)37-21-11-9-19(10-12-21)15-23(27(34)35)32-28(36)38-29(2,3)4/h5-14,17,23H,15-16H2,1-4H3,(H,32,36)(H,34,35)/t23-/m0/s1. The highest BCUT2D eigenvalue weighted by Crippen LogP contribution is 2.34. The summed E-state index contributed by atoms with van der Waals surface area (Å²) in [5.74, 6) is 0.153. The van der Waals surface area contributed by atoms with Crippen molar-refractivity contribution in [1.82, 2.24) is 14.9 Å². The van der Waals surface area contributed by atoms with Crippen LogP contribution < -0.4 is 10.1 Å². The number of aromatic nitrogens is 2. The van der Waals surface area contributed by atoms with Gasteiger partial charge in [-0.1, -0.05) is 42.0 Å². The van der Waals surface area contributed by atoms with Gasteiger partial charge in [-0.25, -0.2) is 14.6 Å². The zero-order valence-corrected chi connectivity index (χ0v) is 23.9. The fraction of sp³-hybridized carbons (Fsp3) is 0.276. The van der Waals surface area contributed by atoms with Crippen LogP contribution in [-0.2, 0) is 22.5 Å². The Bertz CT molecular complexity index is 1440. The quantitative estimate of drug-likeness (QED) is 0.222. The molecule has 8 nitrogen and oxygen atoms in total. The molecule has 0 aliphatic rings. The Hall–Kier alpha value is -3.60. The van der Waals surface area contributed by atoms with Gasteiger partial charge >= 0.3 is 12.1 Å². The van der Waals surface area contributed by atoms with E-state index in [2.05, 4.69) is 74.8 Å². The van der Waals surface area contributed by atoms with Crippen LogP contribution in [0.3, 0.4) is 0 Å². The number of ether oxygens (including phenoxy) is 2. The molecule has 0 saturated carbocycles. The lowest BCUT2D eigenvalue weighted by atomic mass is 10.1. The number of carboxylic acids is 1. The van der Waals surface area contributed by atoms with Crippen LogP contribution in [0, 0.1) is 10.5 Å². The van der Waals surface area contributed by atoms with Crippen molar-refractivity contribution in [2.45, 2.75) is 52.3 Å². The molecule has 0 unspecified atom stereocenters. The smallest absolute Gasteiger partial charge is 0.408 e. The minimum atomic E-state index is -1.14. The van der Waals surface area contributed by atoms with Crippen molar-refractivity contribution in [3.63, 3.8) is 0 Å². The summed E-state index contributed by atoms with van der Waals surface area (Å²) in [5.41, 5.74) is 3.26. The van der Waals surface area contributed by atoms with E-state index in [0.29, 0.717) is 18.0 Å². The molecule has 0 bridgehead atoms. The lowest BCUT2D eigenvalue weighted by Gasteiger charge is -2.22. The van der Waals surface area contributed by atoms with E-state index in [1.807, 2.05) is 6.07 Å². The second kappa shape index (κ2) is 11.4. The van der Waals surface area contributed by atoms with E-state index in [4.69, 9.17) is 9.47 Å². The number of nitrogens with one attached hydrogen (secondary N) is 1. The van der Waals surface area contributed by atoms with Crippen molar-refractivity contribution in [2.75, 3.05) is 0 Å². The Labute approximate surface area is 235 Å². The minimum Gasteiger partial charge on any atom is -0.480 e. The second-order valence-corrected chi connectivity index (χ2v) is 11.2. The highest BCUT2D eigenvalue weighted by molar-refractivity contribution is 14.1. The average Bonchev–Trinajstić information content (AvgIpc) is 3.16. The number of carbonyl (C=O) groups is 2. The van der Waals surface area contributed by atoms with E-state index >= 15 is 0 Å². The molecule has 1 atom stereocenters. The van der Waals surface area contributed by atoms with Gasteiger partial charge < -0.3 is 24.5 Å². The summed E-state index contributed by atoms with van der Waals surface area (Å²) < 4.78 is 14.5. The topological polar surface area (TPSA) is 103 Å². The molecular formula is C29H30IN3O5. The Balaban J connectivity index is 1.48. The maximum Gasteiger partial charge on any atom is 0.408 e. The number of hydrogen-bond acceptors (Lipinski definition) is 5. The van der Waals surface area contributed by atoms with Crippen molar-refractivity contribution < 1.29 is 24.2 Å². The highest BCUT2D eigenvalue weighted by Gasteiger charge is 2.24. The number of fused-ring (bicyclic) bond motifs is 1. The van der Waals surface area contributed by atoms with Crippen molar-refractivity contribution in [2.24, 2.45) is 0 Å². The molecule has 0 spiro atoms. The predicted octanol–water partition coefficient (Wildman–Crippen LogP) is 6.31. The van der Waals surface area contributed by atoms with Crippen molar-refractivity contribution in [3.05, 3.63) is 87.3 Å². The molecule has 1 amide bonds. The zero-order valence-electron chi connectivity index (χ0n) is 21.7. The van der Waals surface area contributed by atoms with Crippen molar-refractivity contribution >= 4 is 45.7 Å². The molecule has 0 radical (unpaired) electrons. The monoisotopic (exact) mass is 627 g/mol. The van der Waals surface area contributed by atoms with Gasteiger partial charge in [-0.05, 0) is 79.6 Å². The Morgan fingerprint density at radius 1 is 1.05 bits per heavy atom. The van der Waals surface area contributed by atoms with E-state index in [0.717, 1.165) is 20.2 Å². The number of benzene rings is 2. The summed E-state index contributed by atoms with van der Waals surface area (Å²) in [5, 5.41) is 12.9. The number of nitrogens with zero attached hydrogens (tertiary/aromatic N) is 2. The first-order valence-electron chi connectivity index (χ1n) is 12.2. The van der Waals surface area contributed by atoms with E-state index in [-0.39, 0.29) is 6.42 Å². The summed E-state index contributed by atoms with van der Waals surface area (Å²) in [6.45, 7) is 7.93. The second-order valence-electron chi connectivity index (χ2n) is 10.1. The molecule has 0 saturated heterocycles. The van der Waals surface area contributed by atoms with Crippen LogP contribution in [0.4, 0.5) is 4.79 Å². The first-order valence-corrected chi connectivity index (χ1v) is 13.2. The molecule has 2 aromatic carbocycles. The third kappa shape index (κ3) is 7.03.